The van der Waals surface area contributed by atoms with Crippen molar-refractivity contribution in [3.05, 3.63) is 52.4 Å². The van der Waals surface area contributed by atoms with E-state index in [1.807, 2.05) is 0 Å². The zero-order valence-electron chi connectivity index (χ0n) is 9.86. The van der Waals surface area contributed by atoms with Gasteiger partial charge in [-0.3, -0.25) is 0 Å². The molecule has 0 radical (unpaired) electrons. The van der Waals surface area contributed by atoms with Gasteiger partial charge in [-0.15, -0.1) is 25.6 Å². The van der Waals surface area contributed by atoms with Crippen molar-refractivity contribution in [1.29, 1.82) is 0 Å². The molecule has 1 heterocycles. The van der Waals surface area contributed by atoms with E-state index in [0.717, 1.165) is 0 Å². The van der Waals surface area contributed by atoms with Crippen molar-refractivity contribution in [2.75, 3.05) is 0 Å². The molecule has 0 aliphatic rings. The first-order valence-electron chi connectivity index (χ1n) is 5.22. The van der Waals surface area contributed by atoms with Crippen LogP contribution < -0.4 is 10.5 Å². The second kappa shape index (κ2) is 6.51. The predicted molar refractivity (Wildman–Crippen MR) is 72.8 cm³/mol. The lowest BCUT2D eigenvalue weighted by atomic mass is 10.1. The molecule has 0 saturated heterocycles. The summed E-state index contributed by atoms with van der Waals surface area (Å²) < 4.78 is 45.6. The van der Waals surface area contributed by atoms with Gasteiger partial charge in [-0.1, -0.05) is 12.1 Å². The first-order chi connectivity index (χ1) is 8.85. The average Bonchev–Trinajstić information content (AvgIpc) is 2.74. The van der Waals surface area contributed by atoms with Gasteiger partial charge in [0.1, 0.15) is 11.5 Å². The minimum atomic E-state index is -4.70. The van der Waals surface area contributed by atoms with Gasteiger partial charge in [-0.25, -0.2) is 0 Å². The van der Waals surface area contributed by atoms with E-state index in [2.05, 4.69) is 20.7 Å². The largest absolute Gasteiger partial charge is 0.573 e. The zero-order chi connectivity index (χ0) is 14.0. The van der Waals surface area contributed by atoms with Crippen LogP contribution >= 0.6 is 28.3 Å². The van der Waals surface area contributed by atoms with E-state index in [-0.39, 0.29) is 18.2 Å². The summed E-state index contributed by atoms with van der Waals surface area (Å²) >= 11 is 3.15. The molecule has 0 bridgehead atoms. The molecule has 1 atom stereocenters. The Hall–Kier alpha value is -1.18. The summed E-state index contributed by atoms with van der Waals surface area (Å²) in [4.78, 5) is 0. The summed E-state index contributed by atoms with van der Waals surface area (Å²) in [6.07, 6.45) is -4.70. The van der Waals surface area contributed by atoms with Gasteiger partial charge in [-0.2, -0.15) is 0 Å². The third-order valence-electron chi connectivity index (χ3n) is 2.37. The van der Waals surface area contributed by atoms with E-state index in [1.165, 1.54) is 24.3 Å². The SMILES string of the molecule is Cl.N[C@H](c1ccc(OC(F)(F)F)cc1)c1ccc(Br)o1. The average molecular weight is 373 g/mol. The van der Waals surface area contributed by atoms with Gasteiger partial charge in [0, 0.05) is 0 Å². The molecule has 8 heteroatoms. The lowest BCUT2D eigenvalue weighted by Gasteiger charge is -2.12. The summed E-state index contributed by atoms with van der Waals surface area (Å²) in [5.41, 5.74) is 6.55. The molecule has 0 saturated carbocycles. The summed E-state index contributed by atoms with van der Waals surface area (Å²) in [5, 5.41) is 0. The van der Waals surface area contributed by atoms with Crippen LogP contribution in [0.3, 0.4) is 0 Å². The first-order valence-corrected chi connectivity index (χ1v) is 6.01. The van der Waals surface area contributed by atoms with Crippen molar-refractivity contribution in [1.82, 2.24) is 0 Å². The Morgan fingerprint density at radius 1 is 1.10 bits per heavy atom. The van der Waals surface area contributed by atoms with E-state index >= 15 is 0 Å². The molecule has 0 amide bonds. The number of rotatable bonds is 3. The zero-order valence-corrected chi connectivity index (χ0v) is 12.3. The molecule has 0 unspecified atom stereocenters. The van der Waals surface area contributed by atoms with Crippen LogP contribution in [-0.2, 0) is 0 Å². The molecule has 2 N–H and O–H groups in total. The van der Waals surface area contributed by atoms with Gasteiger partial charge in [0.15, 0.2) is 4.67 Å². The van der Waals surface area contributed by atoms with E-state index in [1.54, 1.807) is 12.1 Å². The van der Waals surface area contributed by atoms with Gasteiger partial charge in [0.05, 0.1) is 6.04 Å². The van der Waals surface area contributed by atoms with Crippen LogP contribution in [0.4, 0.5) is 13.2 Å². The summed E-state index contributed by atoms with van der Waals surface area (Å²) in [5.74, 6) is 0.223. The first kappa shape index (κ1) is 16.9. The fourth-order valence-corrected chi connectivity index (χ4v) is 1.86. The molecule has 0 fully saturated rings. The maximum absolute atomic E-state index is 12.0. The number of furan rings is 1. The number of alkyl halides is 3. The molecule has 1 aromatic carbocycles. The third kappa shape index (κ3) is 4.43. The van der Waals surface area contributed by atoms with E-state index in [4.69, 9.17) is 10.2 Å². The summed E-state index contributed by atoms with van der Waals surface area (Å²) in [6, 6.07) is 8.17. The highest BCUT2D eigenvalue weighted by atomic mass is 79.9. The van der Waals surface area contributed by atoms with E-state index < -0.39 is 12.4 Å². The molecule has 0 spiro atoms. The van der Waals surface area contributed by atoms with Gasteiger partial charge >= 0.3 is 6.36 Å². The topological polar surface area (TPSA) is 48.4 Å². The van der Waals surface area contributed by atoms with Crippen LogP contribution in [0.25, 0.3) is 0 Å². The molecule has 20 heavy (non-hydrogen) atoms. The van der Waals surface area contributed by atoms with Gasteiger partial charge in [-0.05, 0) is 45.8 Å². The molecule has 2 aromatic rings. The number of hydrogen-bond donors (Lipinski definition) is 1. The van der Waals surface area contributed by atoms with Crippen molar-refractivity contribution in [3.8, 4) is 5.75 Å². The molecule has 0 aliphatic heterocycles. The number of halogens is 5. The number of ether oxygens (including phenoxy) is 1. The summed E-state index contributed by atoms with van der Waals surface area (Å²) in [7, 11) is 0. The Bertz CT molecular complexity index is 557. The molecule has 1 aromatic heterocycles. The van der Waals surface area contributed by atoms with Crippen LogP contribution in [0, 0.1) is 0 Å². The Kier molecular flexibility index (Phi) is 5.50. The van der Waals surface area contributed by atoms with Gasteiger partial charge in [0.2, 0.25) is 0 Å². The standard InChI is InChI=1S/C12H9BrF3NO2.ClH/c13-10-6-5-9(18-10)11(17)7-1-3-8(4-2-7)19-12(14,15)16;/h1-6,11H,17H2;1H/t11-;/m1./s1. The fourth-order valence-electron chi connectivity index (χ4n) is 1.54. The fraction of sp³-hybridized carbons (Fsp3) is 0.167. The Morgan fingerprint density at radius 3 is 2.15 bits per heavy atom. The van der Waals surface area contributed by atoms with Crippen molar-refractivity contribution >= 4 is 28.3 Å². The van der Waals surface area contributed by atoms with Crippen LogP contribution in [0.5, 0.6) is 5.75 Å². The highest BCUT2D eigenvalue weighted by Crippen LogP contribution is 2.27. The molecule has 0 aliphatic carbocycles. The van der Waals surface area contributed by atoms with Crippen molar-refractivity contribution < 1.29 is 22.3 Å². The second-order valence-corrected chi connectivity index (χ2v) is 4.52. The van der Waals surface area contributed by atoms with Crippen molar-refractivity contribution in [3.63, 3.8) is 0 Å². The Balaban J connectivity index is 0.00000200. The third-order valence-corrected chi connectivity index (χ3v) is 2.80. The maximum Gasteiger partial charge on any atom is 0.573 e. The number of hydrogen-bond acceptors (Lipinski definition) is 3. The monoisotopic (exact) mass is 371 g/mol. The number of benzene rings is 1. The van der Waals surface area contributed by atoms with Crippen LogP contribution in [0.2, 0.25) is 0 Å². The Morgan fingerprint density at radius 2 is 1.70 bits per heavy atom. The van der Waals surface area contributed by atoms with Crippen LogP contribution in [0.15, 0.2) is 45.5 Å². The van der Waals surface area contributed by atoms with E-state index in [9.17, 15) is 13.2 Å². The maximum atomic E-state index is 12.0. The van der Waals surface area contributed by atoms with Crippen LogP contribution in [-0.4, -0.2) is 6.36 Å². The van der Waals surface area contributed by atoms with Crippen molar-refractivity contribution in [2.24, 2.45) is 5.73 Å². The molecule has 3 nitrogen and oxygen atoms in total. The minimum absolute atomic E-state index is 0. The quantitative estimate of drug-likeness (QED) is 0.868. The predicted octanol–water partition coefficient (Wildman–Crippen LogP) is 4.41. The molecule has 110 valence electrons. The second-order valence-electron chi connectivity index (χ2n) is 3.74. The normalized spacial score (nSPS) is 12.7. The highest BCUT2D eigenvalue weighted by molar-refractivity contribution is 9.10. The highest BCUT2D eigenvalue weighted by Gasteiger charge is 2.31. The van der Waals surface area contributed by atoms with Crippen molar-refractivity contribution in [2.45, 2.75) is 12.4 Å². The minimum Gasteiger partial charge on any atom is -0.452 e. The lowest BCUT2D eigenvalue weighted by molar-refractivity contribution is -0.274. The van der Waals surface area contributed by atoms with Gasteiger partial charge in [0.25, 0.3) is 0 Å². The molecular formula is C12H10BrClF3NO2. The van der Waals surface area contributed by atoms with Gasteiger partial charge < -0.3 is 14.9 Å². The Labute approximate surface area is 127 Å². The summed E-state index contributed by atoms with van der Waals surface area (Å²) in [6.45, 7) is 0. The lowest BCUT2D eigenvalue weighted by Crippen LogP contribution is -2.17. The van der Waals surface area contributed by atoms with E-state index in [0.29, 0.717) is 16.0 Å². The molecular weight excluding hydrogens is 362 g/mol. The molecule has 2 rings (SSSR count). The number of nitrogens with two attached hydrogens (primary N) is 1. The smallest absolute Gasteiger partial charge is 0.452 e. The van der Waals surface area contributed by atoms with Crippen LogP contribution in [0.1, 0.15) is 17.4 Å².